The molecule has 1 heterocycles. The number of nitro groups is 2. The fourth-order valence-electron chi connectivity index (χ4n) is 3.92. The maximum Gasteiger partial charge on any atom is 0.311 e. The Labute approximate surface area is 220 Å². The van der Waals surface area contributed by atoms with Crippen molar-refractivity contribution in [3.05, 3.63) is 92.5 Å². The third kappa shape index (κ3) is 6.15. The summed E-state index contributed by atoms with van der Waals surface area (Å²) in [4.78, 5) is 59.6. The summed E-state index contributed by atoms with van der Waals surface area (Å²) in [5.74, 6) is -1.53. The summed E-state index contributed by atoms with van der Waals surface area (Å²) in [5.41, 5.74) is 0.273. The van der Waals surface area contributed by atoms with Crippen molar-refractivity contribution in [3.63, 3.8) is 0 Å². The van der Waals surface area contributed by atoms with E-state index in [1.54, 1.807) is 0 Å². The molecule has 0 unspecified atom stereocenters. The minimum absolute atomic E-state index is 0.0330. The number of amides is 1. The number of esters is 1. The molecule has 3 aromatic carbocycles. The molecular formula is C26H21N3O10. The Kier molecular flexibility index (Phi) is 7.80. The summed E-state index contributed by atoms with van der Waals surface area (Å²) in [5, 5.41) is 21.8. The van der Waals surface area contributed by atoms with E-state index in [1.165, 1.54) is 78.7 Å². The van der Waals surface area contributed by atoms with Gasteiger partial charge in [0.2, 0.25) is 5.91 Å². The molecule has 0 bridgehead atoms. The van der Waals surface area contributed by atoms with Gasteiger partial charge < -0.3 is 19.1 Å². The first-order valence-corrected chi connectivity index (χ1v) is 11.5. The summed E-state index contributed by atoms with van der Waals surface area (Å²) in [6.45, 7) is -0.568. The van der Waals surface area contributed by atoms with Crippen molar-refractivity contribution in [1.82, 2.24) is 0 Å². The number of ketones is 1. The first-order valence-electron chi connectivity index (χ1n) is 11.5. The summed E-state index contributed by atoms with van der Waals surface area (Å²) in [7, 11) is 1.31. The van der Waals surface area contributed by atoms with Crippen LogP contribution < -0.4 is 14.4 Å². The molecule has 13 nitrogen and oxygen atoms in total. The van der Waals surface area contributed by atoms with E-state index in [-0.39, 0.29) is 47.2 Å². The topological polar surface area (TPSA) is 168 Å². The molecule has 1 atom stereocenters. The van der Waals surface area contributed by atoms with E-state index in [0.717, 1.165) is 0 Å². The molecule has 0 saturated carbocycles. The third-order valence-corrected chi connectivity index (χ3v) is 5.93. The molecule has 1 amide bonds. The Morgan fingerprint density at radius 1 is 0.923 bits per heavy atom. The first kappa shape index (κ1) is 26.7. The van der Waals surface area contributed by atoms with E-state index in [1.807, 2.05) is 0 Å². The number of carbonyl (C=O) groups excluding carboxylic acids is 3. The lowest BCUT2D eigenvalue weighted by Gasteiger charge is -2.19. The Morgan fingerprint density at radius 3 is 2.10 bits per heavy atom. The van der Waals surface area contributed by atoms with Crippen LogP contribution in [0.15, 0.2) is 66.7 Å². The first-order chi connectivity index (χ1) is 18.7. The zero-order chi connectivity index (χ0) is 28.1. The van der Waals surface area contributed by atoms with Crippen molar-refractivity contribution in [2.45, 2.75) is 6.42 Å². The fraction of sp³-hybridized carbons (Fsp3) is 0.192. The summed E-state index contributed by atoms with van der Waals surface area (Å²) in [6, 6.07) is 15.3. The Bertz CT molecular complexity index is 1440. The largest absolute Gasteiger partial charge is 0.494 e. The van der Waals surface area contributed by atoms with Crippen LogP contribution in [-0.2, 0) is 14.3 Å². The smallest absolute Gasteiger partial charge is 0.311 e. The second kappa shape index (κ2) is 11.4. The van der Waals surface area contributed by atoms with E-state index in [4.69, 9.17) is 14.2 Å². The van der Waals surface area contributed by atoms with Gasteiger partial charge in [-0.15, -0.1) is 0 Å². The normalized spacial score (nSPS) is 14.5. The van der Waals surface area contributed by atoms with Crippen LogP contribution in [-0.4, -0.2) is 47.8 Å². The minimum Gasteiger partial charge on any atom is -0.494 e. The average molecular weight is 535 g/mol. The lowest BCUT2D eigenvalue weighted by Crippen LogP contribution is -2.27. The molecule has 0 aliphatic carbocycles. The fourth-order valence-corrected chi connectivity index (χ4v) is 3.92. The number of methoxy groups -OCH3 is 1. The monoisotopic (exact) mass is 535 g/mol. The van der Waals surface area contributed by atoms with Crippen molar-refractivity contribution in [2.75, 3.05) is 25.2 Å². The van der Waals surface area contributed by atoms with E-state index in [9.17, 15) is 34.6 Å². The summed E-state index contributed by atoms with van der Waals surface area (Å²) in [6.07, 6.45) is -0.151. The molecule has 0 aromatic heterocycles. The molecule has 0 N–H and O–H groups in total. The SMILES string of the molecule is COc1cc([N+](=O)[O-])ccc1N1C[C@@H](C(=O)OCC(=O)c2ccc(Oc3ccc([N+](=O)[O-])cc3)cc2)CC1=O. The molecular weight excluding hydrogens is 514 g/mol. The molecule has 4 rings (SSSR count). The van der Waals surface area contributed by atoms with E-state index < -0.39 is 34.1 Å². The summed E-state index contributed by atoms with van der Waals surface area (Å²) < 4.78 is 16.0. The number of ether oxygens (including phenoxy) is 3. The van der Waals surface area contributed by atoms with Gasteiger partial charge in [0.15, 0.2) is 12.4 Å². The molecule has 1 aliphatic heterocycles. The molecule has 200 valence electrons. The standard InChI is InChI=1S/C26H21N3O10/c1-37-24-13-19(29(35)36)6-11-22(24)27-14-17(12-25(27)31)26(32)38-15-23(30)16-2-7-20(8-3-16)39-21-9-4-18(5-10-21)28(33)34/h2-11,13,17H,12,14-15H2,1H3/t17-/m0/s1. The van der Waals surface area contributed by atoms with Gasteiger partial charge in [-0.1, -0.05) is 0 Å². The number of nitrogens with zero attached hydrogens (tertiary/aromatic N) is 3. The molecule has 39 heavy (non-hydrogen) atoms. The van der Waals surface area contributed by atoms with Gasteiger partial charge in [-0.2, -0.15) is 0 Å². The van der Waals surface area contributed by atoms with Gasteiger partial charge in [-0.3, -0.25) is 34.6 Å². The number of rotatable bonds is 10. The molecule has 0 radical (unpaired) electrons. The molecule has 1 aliphatic rings. The van der Waals surface area contributed by atoms with Crippen molar-refractivity contribution >= 4 is 34.7 Å². The number of hydrogen-bond donors (Lipinski definition) is 0. The number of anilines is 1. The number of carbonyl (C=O) groups is 3. The van der Waals surface area contributed by atoms with Crippen LogP contribution >= 0.6 is 0 Å². The third-order valence-electron chi connectivity index (χ3n) is 5.93. The molecule has 3 aromatic rings. The van der Waals surface area contributed by atoms with Gasteiger partial charge >= 0.3 is 5.97 Å². The van der Waals surface area contributed by atoms with Crippen molar-refractivity contribution in [2.24, 2.45) is 5.92 Å². The highest BCUT2D eigenvalue weighted by Crippen LogP contribution is 2.36. The molecule has 1 fully saturated rings. The van der Waals surface area contributed by atoms with Gasteiger partial charge in [0.05, 0.1) is 34.6 Å². The zero-order valence-electron chi connectivity index (χ0n) is 20.5. The van der Waals surface area contributed by atoms with Crippen molar-refractivity contribution in [3.8, 4) is 17.2 Å². The summed E-state index contributed by atoms with van der Waals surface area (Å²) >= 11 is 0. The highest BCUT2D eigenvalue weighted by molar-refractivity contribution is 6.01. The second-order valence-corrected chi connectivity index (χ2v) is 8.43. The Hall–Kier alpha value is -5.33. The molecule has 0 spiro atoms. The van der Waals surface area contributed by atoms with E-state index >= 15 is 0 Å². The predicted octanol–water partition coefficient (Wildman–Crippen LogP) is 4.08. The molecule has 1 saturated heterocycles. The lowest BCUT2D eigenvalue weighted by molar-refractivity contribution is -0.385. The highest BCUT2D eigenvalue weighted by atomic mass is 16.6. The van der Waals surface area contributed by atoms with Crippen molar-refractivity contribution in [1.29, 1.82) is 0 Å². The van der Waals surface area contributed by atoms with Gasteiger partial charge in [0, 0.05) is 36.7 Å². The van der Waals surface area contributed by atoms with Gasteiger partial charge in [0.25, 0.3) is 11.4 Å². The second-order valence-electron chi connectivity index (χ2n) is 8.43. The number of benzene rings is 3. The van der Waals surface area contributed by atoms with Crippen molar-refractivity contribution < 1.29 is 38.4 Å². The van der Waals surface area contributed by atoms with Crippen LogP contribution in [0.3, 0.4) is 0 Å². The van der Waals surface area contributed by atoms with Crippen LogP contribution in [0.1, 0.15) is 16.8 Å². The van der Waals surface area contributed by atoms with Crippen LogP contribution in [0.2, 0.25) is 0 Å². The van der Waals surface area contributed by atoms with E-state index in [0.29, 0.717) is 11.5 Å². The maximum absolute atomic E-state index is 12.6. The maximum atomic E-state index is 12.6. The Morgan fingerprint density at radius 2 is 1.51 bits per heavy atom. The van der Waals surface area contributed by atoms with Crippen LogP contribution in [0.4, 0.5) is 17.1 Å². The number of hydrogen-bond acceptors (Lipinski definition) is 10. The van der Waals surface area contributed by atoms with Gasteiger partial charge in [0.1, 0.15) is 17.2 Å². The average Bonchev–Trinajstić information content (AvgIpc) is 3.33. The lowest BCUT2D eigenvalue weighted by atomic mass is 10.1. The van der Waals surface area contributed by atoms with Crippen LogP contribution in [0.25, 0.3) is 0 Å². The van der Waals surface area contributed by atoms with Gasteiger partial charge in [-0.25, -0.2) is 0 Å². The van der Waals surface area contributed by atoms with E-state index in [2.05, 4.69) is 0 Å². The highest BCUT2D eigenvalue weighted by Gasteiger charge is 2.37. The number of Topliss-reactive ketones (excluding diaryl/α,β-unsaturated/α-hetero) is 1. The van der Waals surface area contributed by atoms with Crippen LogP contribution in [0, 0.1) is 26.1 Å². The predicted molar refractivity (Wildman–Crippen MR) is 135 cm³/mol. The van der Waals surface area contributed by atoms with Gasteiger partial charge in [-0.05, 0) is 42.5 Å². The Balaban J connectivity index is 1.32. The van der Waals surface area contributed by atoms with Crippen LogP contribution in [0.5, 0.6) is 17.2 Å². The number of non-ortho nitro benzene ring substituents is 2. The minimum atomic E-state index is -0.831. The number of nitro benzene ring substituents is 2. The zero-order valence-corrected chi connectivity index (χ0v) is 20.5. The molecule has 13 heteroatoms. The quantitative estimate of drug-likeness (QED) is 0.160.